The number of carbonyl (C=O) groups excluding carboxylic acids is 2. The van der Waals surface area contributed by atoms with Gasteiger partial charge in [-0.05, 0) is 30.2 Å². The standard InChI is InChI=1S/C25H21ClN2O4/c1-15-9-10-17(26)11-21(15)27-23-22(16-7-5-4-6-8-16)24(29)28(25(23)30)18-12-19(31-2)14-20(13-18)32-3/h4-14,27H,1-3H3. The summed E-state index contributed by atoms with van der Waals surface area (Å²) in [5.41, 5.74) is 2.96. The third-order valence-electron chi connectivity index (χ3n) is 5.20. The summed E-state index contributed by atoms with van der Waals surface area (Å²) in [4.78, 5) is 28.3. The van der Waals surface area contributed by atoms with Gasteiger partial charge in [-0.25, -0.2) is 4.90 Å². The molecule has 2 amide bonds. The van der Waals surface area contributed by atoms with Crippen molar-refractivity contribution in [2.24, 2.45) is 0 Å². The molecule has 0 saturated heterocycles. The summed E-state index contributed by atoms with van der Waals surface area (Å²) in [7, 11) is 3.02. The monoisotopic (exact) mass is 448 g/mol. The van der Waals surface area contributed by atoms with Crippen LogP contribution in [0.15, 0.2) is 72.4 Å². The second kappa shape index (κ2) is 8.77. The number of amides is 2. The summed E-state index contributed by atoms with van der Waals surface area (Å²) in [6.07, 6.45) is 0. The molecule has 1 aliphatic heterocycles. The summed E-state index contributed by atoms with van der Waals surface area (Å²) in [5.74, 6) is 0.00355. The minimum Gasteiger partial charge on any atom is -0.497 e. The fourth-order valence-electron chi connectivity index (χ4n) is 3.54. The van der Waals surface area contributed by atoms with Crippen molar-refractivity contribution in [3.63, 3.8) is 0 Å². The van der Waals surface area contributed by atoms with Crippen LogP contribution in [0.2, 0.25) is 5.02 Å². The van der Waals surface area contributed by atoms with E-state index in [1.807, 2.05) is 31.2 Å². The number of imide groups is 1. The number of aryl methyl sites for hydroxylation is 1. The smallest absolute Gasteiger partial charge is 0.282 e. The highest BCUT2D eigenvalue weighted by Crippen LogP contribution is 2.37. The molecule has 1 aliphatic rings. The van der Waals surface area contributed by atoms with E-state index in [1.165, 1.54) is 14.2 Å². The van der Waals surface area contributed by atoms with Crippen LogP contribution in [0.3, 0.4) is 0 Å². The molecule has 1 N–H and O–H groups in total. The molecule has 1 heterocycles. The molecule has 0 radical (unpaired) electrons. The number of carbonyl (C=O) groups is 2. The molecule has 0 aromatic heterocycles. The third kappa shape index (κ3) is 3.92. The normalized spacial score (nSPS) is 13.6. The Bertz CT molecular complexity index is 1220. The van der Waals surface area contributed by atoms with Crippen molar-refractivity contribution in [3.05, 3.63) is 88.6 Å². The maximum Gasteiger partial charge on any atom is 0.282 e. The molecule has 4 rings (SSSR count). The number of nitrogens with zero attached hydrogens (tertiary/aromatic N) is 1. The average molecular weight is 449 g/mol. The van der Waals surface area contributed by atoms with Crippen molar-refractivity contribution < 1.29 is 19.1 Å². The zero-order chi connectivity index (χ0) is 22.8. The van der Waals surface area contributed by atoms with Gasteiger partial charge in [0.2, 0.25) is 0 Å². The van der Waals surface area contributed by atoms with Gasteiger partial charge in [-0.15, -0.1) is 0 Å². The summed E-state index contributed by atoms with van der Waals surface area (Å²) in [6.45, 7) is 1.90. The number of nitrogens with one attached hydrogen (secondary N) is 1. The Hall–Kier alpha value is -3.77. The SMILES string of the molecule is COc1cc(OC)cc(N2C(=O)C(Nc3cc(Cl)ccc3C)=C(c3ccccc3)C2=O)c1. The van der Waals surface area contributed by atoms with Gasteiger partial charge in [0.05, 0.1) is 25.5 Å². The van der Waals surface area contributed by atoms with E-state index in [0.717, 1.165) is 10.5 Å². The topological polar surface area (TPSA) is 67.9 Å². The molecule has 0 aliphatic carbocycles. The van der Waals surface area contributed by atoms with Gasteiger partial charge in [0.25, 0.3) is 11.8 Å². The molecule has 0 atom stereocenters. The maximum atomic E-state index is 13.6. The Balaban J connectivity index is 1.85. The van der Waals surface area contributed by atoms with Crippen LogP contribution in [0.5, 0.6) is 11.5 Å². The van der Waals surface area contributed by atoms with E-state index >= 15 is 0 Å². The third-order valence-corrected chi connectivity index (χ3v) is 5.44. The Labute approximate surface area is 191 Å². The van der Waals surface area contributed by atoms with Gasteiger partial charge < -0.3 is 14.8 Å². The zero-order valence-corrected chi connectivity index (χ0v) is 18.6. The van der Waals surface area contributed by atoms with Gasteiger partial charge in [-0.2, -0.15) is 0 Å². The van der Waals surface area contributed by atoms with Gasteiger partial charge in [-0.3, -0.25) is 9.59 Å². The number of rotatable bonds is 6. The molecule has 0 saturated carbocycles. The molecular weight excluding hydrogens is 428 g/mol. The molecule has 0 spiro atoms. The van der Waals surface area contributed by atoms with Crippen LogP contribution in [-0.4, -0.2) is 26.0 Å². The maximum absolute atomic E-state index is 13.6. The summed E-state index contributed by atoms with van der Waals surface area (Å²) in [5, 5.41) is 3.68. The van der Waals surface area contributed by atoms with E-state index in [1.54, 1.807) is 42.5 Å². The lowest BCUT2D eigenvalue weighted by Crippen LogP contribution is -2.32. The molecule has 0 bridgehead atoms. The van der Waals surface area contributed by atoms with E-state index in [-0.39, 0.29) is 11.3 Å². The van der Waals surface area contributed by atoms with Crippen LogP contribution in [-0.2, 0) is 9.59 Å². The number of hydrogen-bond donors (Lipinski definition) is 1. The lowest BCUT2D eigenvalue weighted by Gasteiger charge is -2.18. The zero-order valence-electron chi connectivity index (χ0n) is 17.8. The summed E-state index contributed by atoms with van der Waals surface area (Å²) < 4.78 is 10.6. The van der Waals surface area contributed by atoms with Crippen molar-refractivity contribution in [2.45, 2.75) is 6.92 Å². The van der Waals surface area contributed by atoms with Crippen molar-refractivity contribution in [2.75, 3.05) is 24.4 Å². The van der Waals surface area contributed by atoms with Crippen LogP contribution in [0.1, 0.15) is 11.1 Å². The predicted octanol–water partition coefficient (Wildman–Crippen LogP) is 5.06. The molecule has 6 nitrogen and oxygen atoms in total. The lowest BCUT2D eigenvalue weighted by molar-refractivity contribution is -0.120. The Morgan fingerprint density at radius 1 is 0.844 bits per heavy atom. The molecular formula is C25H21ClN2O4. The Morgan fingerprint density at radius 2 is 1.50 bits per heavy atom. The number of ether oxygens (including phenoxy) is 2. The predicted molar refractivity (Wildman–Crippen MR) is 125 cm³/mol. The van der Waals surface area contributed by atoms with Crippen molar-refractivity contribution in [1.29, 1.82) is 0 Å². The Kier molecular flexibility index (Phi) is 5.88. The van der Waals surface area contributed by atoms with Gasteiger partial charge in [0.15, 0.2) is 0 Å². The number of anilines is 2. The molecule has 32 heavy (non-hydrogen) atoms. The average Bonchev–Trinajstić information content (AvgIpc) is 3.05. The van der Waals surface area contributed by atoms with Crippen LogP contribution >= 0.6 is 11.6 Å². The molecule has 3 aromatic rings. The minimum absolute atomic E-state index is 0.174. The molecule has 3 aromatic carbocycles. The number of hydrogen-bond acceptors (Lipinski definition) is 5. The van der Waals surface area contributed by atoms with E-state index in [9.17, 15) is 9.59 Å². The first-order chi connectivity index (χ1) is 15.4. The molecule has 7 heteroatoms. The lowest BCUT2D eigenvalue weighted by atomic mass is 10.0. The van der Waals surface area contributed by atoms with Crippen LogP contribution in [0, 0.1) is 6.92 Å². The molecule has 0 fully saturated rings. The largest absolute Gasteiger partial charge is 0.497 e. The second-order valence-corrected chi connectivity index (χ2v) is 7.65. The fraction of sp³-hybridized carbons (Fsp3) is 0.120. The van der Waals surface area contributed by atoms with Gasteiger partial charge in [0.1, 0.15) is 17.2 Å². The van der Waals surface area contributed by atoms with E-state index < -0.39 is 11.8 Å². The highest BCUT2D eigenvalue weighted by Gasteiger charge is 2.40. The van der Waals surface area contributed by atoms with E-state index in [0.29, 0.717) is 33.5 Å². The quantitative estimate of drug-likeness (QED) is 0.534. The summed E-state index contributed by atoms with van der Waals surface area (Å²) >= 11 is 6.17. The first-order valence-corrected chi connectivity index (χ1v) is 10.3. The highest BCUT2D eigenvalue weighted by atomic mass is 35.5. The van der Waals surface area contributed by atoms with E-state index in [4.69, 9.17) is 21.1 Å². The second-order valence-electron chi connectivity index (χ2n) is 7.22. The number of methoxy groups -OCH3 is 2. The number of benzene rings is 3. The fourth-order valence-corrected chi connectivity index (χ4v) is 3.71. The minimum atomic E-state index is -0.483. The first kappa shape index (κ1) is 21.5. The van der Waals surface area contributed by atoms with Crippen molar-refractivity contribution in [1.82, 2.24) is 0 Å². The van der Waals surface area contributed by atoms with E-state index in [2.05, 4.69) is 5.32 Å². The molecule has 0 unspecified atom stereocenters. The van der Waals surface area contributed by atoms with Gasteiger partial charge >= 0.3 is 0 Å². The highest BCUT2D eigenvalue weighted by molar-refractivity contribution is 6.46. The number of halogens is 1. The van der Waals surface area contributed by atoms with Crippen molar-refractivity contribution in [3.8, 4) is 11.5 Å². The summed E-state index contributed by atoms with van der Waals surface area (Å²) in [6, 6.07) is 19.3. The van der Waals surface area contributed by atoms with Gasteiger partial charge in [0, 0.05) is 28.9 Å². The van der Waals surface area contributed by atoms with Crippen LogP contribution in [0.25, 0.3) is 5.57 Å². The van der Waals surface area contributed by atoms with Crippen molar-refractivity contribution >= 4 is 40.4 Å². The first-order valence-electron chi connectivity index (χ1n) is 9.87. The van der Waals surface area contributed by atoms with Gasteiger partial charge in [-0.1, -0.05) is 48.0 Å². The van der Waals surface area contributed by atoms with Crippen LogP contribution in [0.4, 0.5) is 11.4 Å². The van der Waals surface area contributed by atoms with Crippen LogP contribution < -0.4 is 19.7 Å². The molecule has 162 valence electrons. The Morgan fingerprint density at radius 3 is 2.12 bits per heavy atom.